The fourth-order valence-corrected chi connectivity index (χ4v) is 2.93. The van der Waals surface area contributed by atoms with Crippen LogP contribution in [0.4, 0.5) is 11.4 Å². The van der Waals surface area contributed by atoms with Crippen LogP contribution in [0.1, 0.15) is 6.92 Å². The maximum Gasteiger partial charge on any atom is 0.0745 e. The average Bonchev–Trinajstić information content (AvgIpc) is 2.40. The normalized spacial score (nSPS) is 20.9. The number of aromatic nitrogens is 1. The molecule has 0 saturated carbocycles. The monoisotopic (exact) mass is 256 g/mol. The zero-order valence-electron chi connectivity index (χ0n) is 11.5. The summed E-state index contributed by atoms with van der Waals surface area (Å²) in [7, 11) is 2.17. The van der Waals surface area contributed by atoms with E-state index in [-0.39, 0.29) is 0 Å². The van der Waals surface area contributed by atoms with Crippen LogP contribution < -0.4 is 10.6 Å². The van der Waals surface area contributed by atoms with Gasteiger partial charge in [-0.2, -0.15) is 0 Å². The largest absolute Gasteiger partial charge is 0.396 e. The maximum absolute atomic E-state index is 6.20. The minimum Gasteiger partial charge on any atom is -0.396 e. The fourth-order valence-electron chi connectivity index (χ4n) is 2.93. The number of hydrogen-bond donors (Lipinski definition) is 1. The van der Waals surface area contributed by atoms with Crippen LogP contribution in [0.3, 0.4) is 0 Å². The summed E-state index contributed by atoms with van der Waals surface area (Å²) >= 11 is 0. The standard InChI is InChI=1S/C15H20N4/c1-11-10-18(2)7-8-19(11)15-12-5-3-4-6-14(12)17-9-13(15)16/h3-6,9,11H,7-8,10,16H2,1-2H3. The Kier molecular flexibility index (Phi) is 3.03. The van der Waals surface area contributed by atoms with E-state index in [4.69, 9.17) is 5.73 Å². The van der Waals surface area contributed by atoms with Crippen LogP contribution in [0.5, 0.6) is 0 Å². The van der Waals surface area contributed by atoms with E-state index in [0.717, 1.165) is 41.9 Å². The summed E-state index contributed by atoms with van der Waals surface area (Å²) < 4.78 is 0. The minimum absolute atomic E-state index is 0.465. The highest BCUT2D eigenvalue weighted by Crippen LogP contribution is 2.33. The fraction of sp³-hybridized carbons (Fsp3) is 0.400. The molecule has 1 atom stereocenters. The first kappa shape index (κ1) is 12.2. The molecule has 19 heavy (non-hydrogen) atoms. The number of hydrogen-bond acceptors (Lipinski definition) is 4. The molecule has 0 radical (unpaired) electrons. The van der Waals surface area contributed by atoms with Crippen molar-refractivity contribution >= 4 is 22.3 Å². The van der Waals surface area contributed by atoms with Crippen molar-refractivity contribution in [2.24, 2.45) is 0 Å². The van der Waals surface area contributed by atoms with Crippen molar-refractivity contribution in [1.82, 2.24) is 9.88 Å². The first-order valence-electron chi connectivity index (χ1n) is 6.75. The number of nitrogens with two attached hydrogens (primary N) is 1. The number of nitrogen functional groups attached to an aromatic ring is 1. The Balaban J connectivity index is 2.11. The van der Waals surface area contributed by atoms with Crippen LogP contribution in [0.2, 0.25) is 0 Å². The van der Waals surface area contributed by atoms with Gasteiger partial charge < -0.3 is 15.5 Å². The number of benzene rings is 1. The molecule has 1 aromatic carbocycles. The first-order valence-corrected chi connectivity index (χ1v) is 6.75. The molecular formula is C15H20N4. The van der Waals surface area contributed by atoms with E-state index in [1.165, 1.54) is 0 Å². The number of rotatable bonds is 1. The summed E-state index contributed by atoms with van der Waals surface area (Å²) in [5.41, 5.74) is 9.13. The summed E-state index contributed by atoms with van der Waals surface area (Å²) in [6.07, 6.45) is 1.78. The lowest BCUT2D eigenvalue weighted by Crippen LogP contribution is -2.50. The molecule has 100 valence electrons. The zero-order chi connectivity index (χ0) is 13.4. The minimum atomic E-state index is 0.465. The van der Waals surface area contributed by atoms with Gasteiger partial charge in [-0.1, -0.05) is 18.2 Å². The molecule has 2 N–H and O–H groups in total. The number of fused-ring (bicyclic) bond motifs is 1. The number of likely N-dealkylation sites (N-methyl/N-ethyl adjacent to an activating group) is 1. The molecule has 3 rings (SSSR count). The molecule has 4 heteroatoms. The van der Waals surface area contributed by atoms with Crippen molar-refractivity contribution in [3.8, 4) is 0 Å². The summed E-state index contributed by atoms with van der Waals surface area (Å²) in [6, 6.07) is 8.68. The zero-order valence-corrected chi connectivity index (χ0v) is 11.5. The number of nitrogens with zero attached hydrogens (tertiary/aromatic N) is 3. The Morgan fingerprint density at radius 2 is 2.05 bits per heavy atom. The molecule has 1 fully saturated rings. The Morgan fingerprint density at radius 3 is 2.84 bits per heavy atom. The molecule has 0 amide bonds. The molecule has 2 heterocycles. The van der Waals surface area contributed by atoms with Gasteiger partial charge in [0.2, 0.25) is 0 Å². The molecule has 0 aliphatic carbocycles. The predicted molar refractivity (Wildman–Crippen MR) is 80.5 cm³/mol. The van der Waals surface area contributed by atoms with Crippen LogP contribution in [0, 0.1) is 0 Å². The number of pyridine rings is 1. The maximum atomic E-state index is 6.20. The van der Waals surface area contributed by atoms with Crippen LogP contribution >= 0.6 is 0 Å². The Labute approximate surface area is 113 Å². The van der Waals surface area contributed by atoms with Gasteiger partial charge in [0, 0.05) is 31.1 Å². The molecule has 2 aromatic rings. The van der Waals surface area contributed by atoms with Crippen LogP contribution in [-0.4, -0.2) is 42.6 Å². The third kappa shape index (κ3) is 2.12. The number of para-hydroxylation sites is 1. The van der Waals surface area contributed by atoms with Crippen molar-refractivity contribution in [2.45, 2.75) is 13.0 Å². The summed E-state index contributed by atoms with van der Waals surface area (Å²) in [5, 5.41) is 1.15. The van der Waals surface area contributed by atoms with E-state index >= 15 is 0 Å². The number of anilines is 2. The molecule has 1 unspecified atom stereocenters. The lowest BCUT2D eigenvalue weighted by Gasteiger charge is -2.40. The van der Waals surface area contributed by atoms with E-state index in [9.17, 15) is 0 Å². The molecule has 1 saturated heterocycles. The van der Waals surface area contributed by atoms with E-state index in [0.29, 0.717) is 6.04 Å². The van der Waals surface area contributed by atoms with Gasteiger partial charge in [-0.15, -0.1) is 0 Å². The van der Waals surface area contributed by atoms with E-state index in [1.807, 2.05) is 18.2 Å². The third-order valence-electron chi connectivity index (χ3n) is 3.89. The second-order valence-corrected chi connectivity index (χ2v) is 5.38. The average molecular weight is 256 g/mol. The highest BCUT2D eigenvalue weighted by Gasteiger charge is 2.24. The van der Waals surface area contributed by atoms with Crippen LogP contribution in [0.15, 0.2) is 30.5 Å². The van der Waals surface area contributed by atoms with Gasteiger partial charge >= 0.3 is 0 Å². The van der Waals surface area contributed by atoms with Crippen LogP contribution in [0.25, 0.3) is 10.9 Å². The van der Waals surface area contributed by atoms with E-state index in [2.05, 4.69) is 34.8 Å². The van der Waals surface area contributed by atoms with Gasteiger partial charge in [0.05, 0.1) is 23.1 Å². The lowest BCUT2D eigenvalue weighted by atomic mass is 10.1. The van der Waals surface area contributed by atoms with Crippen molar-refractivity contribution in [3.05, 3.63) is 30.5 Å². The molecule has 4 nitrogen and oxygen atoms in total. The topological polar surface area (TPSA) is 45.4 Å². The van der Waals surface area contributed by atoms with Crippen molar-refractivity contribution in [3.63, 3.8) is 0 Å². The second kappa shape index (κ2) is 4.70. The summed E-state index contributed by atoms with van der Waals surface area (Å²) in [5.74, 6) is 0. The molecule has 1 aromatic heterocycles. The highest BCUT2D eigenvalue weighted by molar-refractivity contribution is 5.97. The van der Waals surface area contributed by atoms with Gasteiger partial charge in [0.25, 0.3) is 0 Å². The van der Waals surface area contributed by atoms with Gasteiger partial charge in [-0.3, -0.25) is 4.98 Å². The van der Waals surface area contributed by atoms with Crippen molar-refractivity contribution in [1.29, 1.82) is 0 Å². The predicted octanol–water partition coefficient (Wildman–Crippen LogP) is 1.96. The Morgan fingerprint density at radius 1 is 1.26 bits per heavy atom. The summed E-state index contributed by atoms with van der Waals surface area (Å²) in [6.45, 7) is 5.40. The van der Waals surface area contributed by atoms with E-state index < -0.39 is 0 Å². The Hall–Kier alpha value is -1.81. The molecular weight excluding hydrogens is 236 g/mol. The lowest BCUT2D eigenvalue weighted by molar-refractivity contribution is 0.276. The number of piperazine rings is 1. The van der Waals surface area contributed by atoms with Gasteiger partial charge in [-0.05, 0) is 20.0 Å². The van der Waals surface area contributed by atoms with E-state index in [1.54, 1.807) is 6.20 Å². The quantitative estimate of drug-likeness (QED) is 0.847. The highest BCUT2D eigenvalue weighted by atomic mass is 15.3. The summed E-state index contributed by atoms with van der Waals surface area (Å²) in [4.78, 5) is 9.19. The Bertz CT molecular complexity index is 596. The van der Waals surface area contributed by atoms with Gasteiger partial charge in [0.15, 0.2) is 0 Å². The first-order chi connectivity index (χ1) is 9.16. The second-order valence-electron chi connectivity index (χ2n) is 5.38. The SMILES string of the molecule is CC1CN(C)CCN1c1c(N)cnc2ccccc12. The van der Waals surface area contributed by atoms with Crippen LogP contribution in [-0.2, 0) is 0 Å². The third-order valence-corrected chi connectivity index (χ3v) is 3.89. The van der Waals surface area contributed by atoms with Gasteiger partial charge in [0.1, 0.15) is 0 Å². The molecule has 0 spiro atoms. The van der Waals surface area contributed by atoms with Crippen molar-refractivity contribution in [2.75, 3.05) is 37.3 Å². The van der Waals surface area contributed by atoms with Crippen molar-refractivity contribution < 1.29 is 0 Å². The molecule has 1 aliphatic heterocycles. The smallest absolute Gasteiger partial charge is 0.0745 e. The molecule has 0 bridgehead atoms. The van der Waals surface area contributed by atoms with Gasteiger partial charge in [-0.25, -0.2) is 0 Å². The molecule has 1 aliphatic rings.